The number of likely N-dealkylation sites (tertiary alicyclic amines) is 1. The summed E-state index contributed by atoms with van der Waals surface area (Å²) in [6.45, 7) is 2.34. The molecule has 28 heavy (non-hydrogen) atoms. The maximum atomic E-state index is 12.0. The minimum Gasteiger partial charge on any atom is -0.389 e. The third kappa shape index (κ3) is 4.30. The summed E-state index contributed by atoms with van der Waals surface area (Å²) < 4.78 is 26.1. The zero-order valence-electron chi connectivity index (χ0n) is 15.5. The van der Waals surface area contributed by atoms with Gasteiger partial charge in [0.2, 0.25) is 15.9 Å². The van der Waals surface area contributed by atoms with Gasteiger partial charge in [0.15, 0.2) is 0 Å². The van der Waals surface area contributed by atoms with Gasteiger partial charge in [-0.15, -0.1) is 11.3 Å². The predicted octanol–water partition coefficient (Wildman–Crippen LogP) is 2.21. The van der Waals surface area contributed by atoms with Crippen LogP contribution in [0, 0.1) is 0 Å². The summed E-state index contributed by atoms with van der Waals surface area (Å²) in [7, 11) is -3.59. The number of sulfonamides is 1. The minimum atomic E-state index is -3.59. The van der Waals surface area contributed by atoms with Crippen LogP contribution in [0.5, 0.6) is 0 Å². The van der Waals surface area contributed by atoms with E-state index in [0.29, 0.717) is 11.3 Å². The first kappa shape index (κ1) is 19.6. The average Bonchev–Trinajstić information content (AvgIpc) is 3.20. The second-order valence-electron chi connectivity index (χ2n) is 7.73. The summed E-state index contributed by atoms with van der Waals surface area (Å²) in [5.41, 5.74) is 0.491. The number of nitrogens with zero attached hydrogens (tertiary/aromatic N) is 1. The highest BCUT2D eigenvalue weighted by Gasteiger charge is 2.39. The molecule has 2 aromatic rings. The van der Waals surface area contributed by atoms with Crippen LogP contribution in [0.4, 0.5) is 0 Å². The molecule has 8 heteroatoms. The molecule has 1 aromatic heterocycles. The lowest BCUT2D eigenvalue weighted by molar-refractivity contribution is -0.118. The summed E-state index contributed by atoms with van der Waals surface area (Å²) in [6, 6.07) is 13.8. The minimum absolute atomic E-state index is 0.00147. The van der Waals surface area contributed by atoms with Gasteiger partial charge in [0.05, 0.1) is 12.0 Å². The molecule has 2 aliphatic heterocycles. The van der Waals surface area contributed by atoms with Crippen molar-refractivity contribution in [2.24, 2.45) is 0 Å². The van der Waals surface area contributed by atoms with Crippen molar-refractivity contribution in [3.05, 3.63) is 57.8 Å². The maximum absolute atomic E-state index is 12.0. The summed E-state index contributed by atoms with van der Waals surface area (Å²) in [4.78, 5) is 15.5. The Bertz CT molecular complexity index is 948. The molecule has 3 heterocycles. The lowest BCUT2D eigenvalue weighted by Crippen LogP contribution is -2.45. The topological polar surface area (TPSA) is 86.7 Å². The highest BCUT2D eigenvalue weighted by molar-refractivity contribution is 7.90. The molecule has 150 valence electrons. The Morgan fingerprint density at radius 3 is 2.50 bits per heavy atom. The summed E-state index contributed by atoms with van der Waals surface area (Å²) in [6.07, 6.45) is 2.11. The Balaban J connectivity index is 1.34. The standard InChI is InChI=1S/C20H24N2O4S2/c23-19-12-18(28(25,26)21-19)17-7-6-16(27-17)14-22-10-8-20(24,9-11-22)13-15-4-2-1-3-5-15/h1-7,18,24H,8-14H2,(H,21,23). The first-order valence-corrected chi connectivity index (χ1v) is 11.8. The fourth-order valence-electron chi connectivity index (χ4n) is 3.96. The van der Waals surface area contributed by atoms with Gasteiger partial charge in [-0.05, 0) is 30.5 Å². The van der Waals surface area contributed by atoms with Gasteiger partial charge in [0.25, 0.3) is 0 Å². The fourth-order valence-corrected chi connectivity index (χ4v) is 6.82. The molecule has 0 radical (unpaired) electrons. The number of hydrogen-bond acceptors (Lipinski definition) is 6. The molecule has 1 unspecified atom stereocenters. The van der Waals surface area contributed by atoms with Gasteiger partial charge < -0.3 is 5.11 Å². The van der Waals surface area contributed by atoms with E-state index in [1.165, 1.54) is 11.3 Å². The zero-order valence-corrected chi connectivity index (χ0v) is 17.1. The number of carbonyl (C=O) groups is 1. The number of thiophene rings is 1. The number of carbonyl (C=O) groups excluding carboxylic acids is 1. The van der Waals surface area contributed by atoms with Crippen molar-refractivity contribution in [1.82, 2.24) is 9.62 Å². The number of piperidine rings is 1. The molecule has 0 saturated carbocycles. The number of hydrogen-bond donors (Lipinski definition) is 2. The van der Waals surface area contributed by atoms with Crippen LogP contribution in [-0.4, -0.2) is 43.0 Å². The van der Waals surface area contributed by atoms with E-state index < -0.39 is 26.8 Å². The van der Waals surface area contributed by atoms with Gasteiger partial charge in [0, 0.05) is 35.8 Å². The maximum Gasteiger partial charge on any atom is 0.243 e. The van der Waals surface area contributed by atoms with Crippen LogP contribution in [0.2, 0.25) is 0 Å². The normalized spacial score (nSPS) is 24.2. The Kier molecular flexibility index (Phi) is 5.30. The molecule has 1 atom stereocenters. The van der Waals surface area contributed by atoms with Crippen molar-refractivity contribution in [3.63, 3.8) is 0 Å². The first-order chi connectivity index (χ1) is 13.3. The van der Waals surface area contributed by atoms with Crippen LogP contribution in [-0.2, 0) is 27.8 Å². The van der Waals surface area contributed by atoms with Gasteiger partial charge in [-0.3, -0.25) is 14.4 Å². The van der Waals surface area contributed by atoms with Gasteiger partial charge in [0.1, 0.15) is 5.25 Å². The molecule has 1 aromatic carbocycles. The largest absolute Gasteiger partial charge is 0.389 e. The molecule has 1 amide bonds. The van der Waals surface area contributed by atoms with Crippen LogP contribution < -0.4 is 4.72 Å². The van der Waals surface area contributed by atoms with Crippen molar-refractivity contribution < 1.29 is 18.3 Å². The third-order valence-electron chi connectivity index (χ3n) is 5.54. The van der Waals surface area contributed by atoms with E-state index in [0.717, 1.165) is 42.9 Å². The highest BCUT2D eigenvalue weighted by atomic mass is 32.2. The summed E-state index contributed by atoms with van der Waals surface area (Å²) in [5.74, 6) is -0.436. The molecular weight excluding hydrogens is 396 g/mol. The van der Waals surface area contributed by atoms with Crippen molar-refractivity contribution in [3.8, 4) is 0 Å². The molecule has 2 fully saturated rings. The van der Waals surface area contributed by atoms with Crippen molar-refractivity contribution in [2.75, 3.05) is 13.1 Å². The van der Waals surface area contributed by atoms with E-state index in [-0.39, 0.29) is 6.42 Å². The molecule has 4 rings (SSSR count). The van der Waals surface area contributed by atoms with E-state index in [1.54, 1.807) is 0 Å². The summed E-state index contributed by atoms with van der Waals surface area (Å²) >= 11 is 1.46. The van der Waals surface area contributed by atoms with Crippen LogP contribution in [0.15, 0.2) is 42.5 Å². The van der Waals surface area contributed by atoms with E-state index >= 15 is 0 Å². The predicted molar refractivity (Wildman–Crippen MR) is 108 cm³/mol. The van der Waals surface area contributed by atoms with Gasteiger partial charge in [-0.25, -0.2) is 8.42 Å². The number of rotatable bonds is 5. The number of nitrogens with one attached hydrogen (secondary N) is 1. The number of amides is 1. The van der Waals surface area contributed by atoms with E-state index in [9.17, 15) is 18.3 Å². The number of aliphatic hydroxyl groups is 1. The van der Waals surface area contributed by atoms with Crippen LogP contribution in [0.25, 0.3) is 0 Å². The van der Waals surface area contributed by atoms with Crippen LogP contribution in [0.3, 0.4) is 0 Å². The van der Waals surface area contributed by atoms with Gasteiger partial charge in [-0.2, -0.15) is 0 Å². The Morgan fingerprint density at radius 2 is 1.86 bits per heavy atom. The monoisotopic (exact) mass is 420 g/mol. The van der Waals surface area contributed by atoms with Crippen LogP contribution >= 0.6 is 11.3 Å². The molecule has 2 N–H and O–H groups in total. The molecule has 2 saturated heterocycles. The summed E-state index contributed by atoms with van der Waals surface area (Å²) in [5, 5.41) is 10.1. The highest BCUT2D eigenvalue weighted by Crippen LogP contribution is 2.35. The quantitative estimate of drug-likeness (QED) is 0.775. The molecule has 0 spiro atoms. The second-order valence-corrected chi connectivity index (χ2v) is 10.8. The van der Waals surface area contributed by atoms with E-state index in [4.69, 9.17) is 0 Å². The zero-order chi connectivity index (χ0) is 19.8. The molecule has 0 aliphatic carbocycles. The fraction of sp³-hybridized carbons (Fsp3) is 0.450. The Hall–Kier alpha value is -1.74. The van der Waals surface area contributed by atoms with Crippen molar-refractivity contribution in [2.45, 2.75) is 43.1 Å². The van der Waals surface area contributed by atoms with Gasteiger partial charge >= 0.3 is 0 Å². The van der Waals surface area contributed by atoms with Crippen molar-refractivity contribution >= 4 is 27.3 Å². The number of benzene rings is 1. The molecule has 0 bridgehead atoms. The van der Waals surface area contributed by atoms with Crippen molar-refractivity contribution in [1.29, 1.82) is 0 Å². The average molecular weight is 421 g/mol. The van der Waals surface area contributed by atoms with Gasteiger partial charge in [-0.1, -0.05) is 30.3 Å². The smallest absolute Gasteiger partial charge is 0.243 e. The lowest BCUT2D eigenvalue weighted by atomic mass is 9.85. The molecule has 2 aliphatic rings. The molecular formula is C20H24N2O4S2. The SMILES string of the molecule is O=C1CC(c2ccc(CN3CCC(O)(Cc4ccccc4)CC3)s2)S(=O)(=O)N1. The first-order valence-electron chi connectivity index (χ1n) is 9.45. The third-order valence-corrected chi connectivity index (χ3v) is 8.56. The lowest BCUT2D eigenvalue weighted by Gasteiger charge is -2.38. The second kappa shape index (κ2) is 7.59. The Morgan fingerprint density at radius 1 is 1.14 bits per heavy atom. The molecule has 6 nitrogen and oxygen atoms in total. The Labute approximate surface area is 169 Å². The van der Waals surface area contributed by atoms with Crippen LogP contribution in [0.1, 0.15) is 39.8 Å². The van der Waals surface area contributed by atoms with E-state index in [2.05, 4.69) is 9.62 Å². The van der Waals surface area contributed by atoms with E-state index in [1.807, 2.05) is 42.5 Å².